The summed E-state index contributed by atoms with van der Waals surface area (Å²) in [6.45, 7) is 7.26. The van der Waals surface area contributed by atoms with Crippen LogP contribution in [0.25, 0.3) is 0 Å². The molecule has 0 spiro atoms. The number of nitrogens with one attached hydrogen (secondary N) is 1. The van der Waals surface area contributed by atoms with Crippen molar-refractivity contribution >= 4 is 0 Å². The minimum absolute atomic E-state index is 0.506. The van der Waals surface area contributed by atoms with Crippen LogP contribution in [0, 0.1) is 20.8 Å². The highest BCUT2D eigenvalue weighted by molar-refractivity contribution is 5.49. The van der Waals surface area contributed by atoms with Gasteiger partial charge in [0.2, 0.25) is 0 Å². The smallest absolute Gasteiger partial charge is 0.122 e. The zero-order chi connectivity index (χ0) is 11.7. The molecule has 2 heteroatoms. The molecule has 2 N–H and O–H groups in total. The third-order valence-electron chi connectivity index (χ3n) is 3.75. The van der Waals surface area contributed by atoms with E-state index in [1.807, 2.05) is 6.92 Å². The Kier molecular flexibility index (Phi) is 3.20. The number of benzene rings is 1. The monoisotopic (exact) mass is 219 g/mol. The van der Waals surface area contributed by atoms with Crippen molar-refractivity contribution in [2.75, 3.05) is 6.54 Å². The summed E-state index contributed by atoms with van der Waals surface area (Å²) in [6, 6.07) is 2.73. The Bertz CT molecular complexity index is 392. The number of phenols is 1. The lowest BCUT2D eigenvalue weighted by Gasteiger charge is -2.16. The summed E-state index contributed by atoms with van der Waals surface area (Å²) in [5.74, 6) is 0.506. The highest BCUT2D eigenvalue weighted by atomic mass is 16.3. The Morgan fingerprint density at radius 2 is 2.06 bits per heavy atom. The van der Waals surface area contributed by atoms with E-state index in [0.29, 0.717) is 11.8 Å². The number of hydrogen-bond acceptors (Lipinski definition) is 2. The maximum absolute atomic E-state index is 10.2. The standard InChI is InChI=1S/C14H21NO/c1-9-7-10(2)13(14(16)11(9)3)8-12-5-4-6-15-12/h7,12,15-16H,4-6,8H2,1-3H3. The predicted octanol–water partition coefficient (Wildman–Crippen LogP) is 2.61. The summed E-state index contributed by atoms with van der Waals surface area (Å²) in [7, 11) is 0. The van der Waals surface area contributed by atoms with Crippen LogP contribution in [0.3, 0.4) is 0 Å². The third kappa shape index (κ3) is 2.07. The van der Waals surface area contributed by atoms with Crippen LogP contribution < -0.4 is 5.32 Å². The Morgan fingerprint density at radius 1 is 1.31 bits per heavy atom. The zero-order valence-electron chi connectivity index (χ0n) is 10.4. The number of aromatic hydroxyl groups is 1. The lowest BCUT2D eigenvalue weighted by Crippen LogP contribution is -2.24. The molecule has 1 aliphatic heterocycles. The lowest BCUT2D eigenvalue weighted by molar-refractivity contribution is 0.456. The van der Waals surface area contributed by atoms with Gasteiger partial charge in [0.15, 0.2) is 0 Å². The Hall–Kier alpha value is -1.02. The molecule has 2 rings (SSSR count). The van der Waals surface area contributed by atoms with Crippen molar-refractivity contribution < 1.29 is 5.11 Å². The second kappa shape index (κ2) is 4.46. The van der Waals surface area contributed by atoms with Gasteiger partial charge in [-0.2, -0.15) is 0 Å². The maximum Gasteiger partial charge on any atom is 0.122 e. The minimum atomic E-state index is 0.506. The SMILES string of the molecule is Cc1cc(C)c(CC2CCCN2)c(O)c1C. The maximum atomic E-state index is 10.2. The van der Waals surface area contributed by atoms with Gasteiger partial charge in [0, 0.05) is 6.04 Å². The van der Waals surface area contributed by atoms with Crippen LogP contribution in [0.5, 0.6) is 5.75 Å². The van der Waals surface area contributed by atoms with Crippen LogP contribution in [0.2, 0.25) is 0 Å². The fraction of sp³-hybridized carbons (Fsp3) is 0.571. The van der Waals surface area contributed by atoms with Gasteiger partial charge in [-0.25, -0.2) is 0 Å². The molecule has 0 bridgehead atoms. The molecule has 0 radical (unpaired) electrons. The molecule has 1 fully saturated rings. The Morgan fingerprint density at radius 3 is 2.69 bits per heavy atom. The van der Waals surface area contributed by atoms with E-state index in [4.69, 9.17) is 0 Å². The first-order valence-electron chi connectivity index (χ1n) is 6.11. The highest BCUT2D eigenvalue weighted by Gasteiger charge is 2.18. The average Bonchev–Trinajstić information content (AvgIpc) is 2.74. The highest BCUT2D eigenvalue weighted by Crippen LogP contribution is 2.30. The minimum Gasteiger partial charge on any atom is -0.507 e. The molecule has 16 heavy (non-hydrogen) atoms. The Balaban J connectivity index is 2.28. The van der Waals surface area contributed by atoms with E-state index in [1.165, 1.54) is 24.0 Å². The lowest BCUT2D eigenvalue weighted by atomic mass is 9.94. The quantitative estimate of drug-likeness (QED) is 0.801. The number of hydrogen-bond donors (Lipinski definition) is 2. The fourth-order valence-corrected chi connectivity index (χ4v) is 2.55. The molecule has 0 saturated carbocycles. The van der Waals surface area contributed by atoms with Gasteiger partial charge in [-0.15, -0.1) is 0 Å². The van der Waals surface area contributed by atoms with Gasteiger partial charge >= 0.3 is 0 Å². The third-order valence-corrected chi connectivity index (χ3v) is 3.75. The predicted molar refractivity (Wildman–Crippen MR) is 67.0 cm³/mol. The average molecular weight is 219 g/mol. The Labute approximate surface area is 97.7 Å². The molecule has 0 amide bonds. The number of aryl methyl sites for hydroxylation is 2. The topological polar surface area (TPSA) is 32.3 Å². The van der Waals surface area contributed by atoms with Gasteiger partial charge in [0.25, 0.3) is 0 Å². The van der Waals surface area contributed by atoms with E-state index in [0.717, 1.165) is 24.1 Å². The summed E-state index contributed by atoms with van der Waals surface area (Å²) in [6.07, 6.45) is 3.44. The van der Waals surface area contributed by atoms with Crippen molar-refractivity contribution in [1.29, 1.82) is 0 Å². The second-order valence-electron chi connectivity index (χ2n) is 4.96. The van der Waals surface area contributed by atoms with Gasteiger partial charge in [-0.05, 0) is 68.8 Å². The summed E-state index contributed by atoms with van der Waals surface area (Å²) in [4.78, 5) is 0. The van der Waals surface area contributed by atoms with Crippen molar-refractivity contribution in [3.05, 3.63) is 28.3 Å². The van der Waals surface area contributed by atoms with Gasteiger partial charge < -0.3 is 10.4 Å². The van der Waals surface area contributed by atoms with Crippen molar-refractivity contribution in [3.8, 4) is 5.75 Å². The number of rotatable bonds is 2. The van der Waals surface area contributed by atoms with E-state index in [1.54, 1.807) is 0 Å². The molecular weight excluding hydrogens is 198 g/mol. The summed E-state index contributed by atoms with van der Waals surface area (Å²) in [5.41, 5.74) is 4.55. The molecule has 0 aromatic heterocycles. The van der Waals surface area contributed by atoms with Gasteiger partial charge in [-0.1, -0.05) is 6.07 Å². The first-order chi connectivity index (χ1) is 7.59. The molecule has 2 nitrogen and oxygen atoms in total. The summed E-state index contributed by atoms with van der Waals surface area (Å²) < 4.78 is 0. The molecule has 0 aliphatic carbocycles. The van der Waals surface area contributed by atoms with E-state index >= 15 is 0 Å². The summed E-state index contributed by atoms with van der Waals surface area (Å²) in [5, 5.41) is 13.7. The van der Waals surface area contributed by atoms with Crippen LogP contribution in [-0.4, -0.2) is 17.7 Å². The molecule has 1 aromatic rings. The molecule has 1 aliphatic rings. The normalized spacial score (nSPS) is 20.3. The molecule has 1 unspecified atom stereocenters. The first kappa shape index (κ1) is 11.5. The van der Waals surface area contributed by atoms with E-state index < -0.39 is 0 Å². The molecule has 1 aromatic carbocycles. The van der Waals surface area contributed by atoms with Crippen LogP contribution in [-0.2, 0) is 6.42 Å². The molecule has 1 heterocycles. The van der Waals surface area contributed by atoms with Gasteiger partial charge in [-0.3, -0.25) is 0 Å². The zero-order valence-corrected chi connectivity index (χ0v) is 10.4. The van der Waals surface area contributed by atoms with Crippen molar-refractivity contribution in [3.63, 3.8) is 0 Å². The van der Waals surface area contributed by atoms with E-state index in [-0.39, 0.29) is 0 Å². The van der Waals surface area contributed by atoms with Crippen LogP contribution in [0.15, 0.2) is 6.07 Å². The summed E-state index contributed by atoms with van der Waals surface area (Å²) >= 11 is 0. The van der Waals surface area contributed by atoms with Crippen LogP contribution >= 0.6 is 0 Å². The van der Waals surface area contributed by atoms with Gasteiger partial charge in [0.1, 0.15) is 5.75 Å². The molecule has 88 valence electrons. The second-order valence-corrected chi connectivity index (χ2v) is 4.96. The molecular formula is C14H21NO. The molecule has 1 atom stereocenters. The first-order valence-corrected chi connectivity index (χ1v) is 6.11. The van der Waals surface area contributed by atoms with Crippen LogP contribution in [0.1, 0.15) is 35.1 Å². The van der Waals surface area contributed by atoms with Crippen LogP contribution in [0.4, 0.5) is 0 Å². The van der Waals surface area contributed by atoms with E-state index in [9.17, 15) is 5.11 Å². The number of phenolic OH excluding ortho intramolecular Hbond substituents is 1. The van der Waals surface area contributed by atoms with Crippen molar-refractivity contribution in [2.45, 2.75) is 46.1 Å². The van der Waals surface area contributed by atoms with Crippen molar-refractivity contribution in [2.24, 2.45) is 0 Å². The molecule has 1 saturated heterocycles. The van der Waals surface area contributed by atoms with Crippen molar-refractivity contribution in [1.82, 2.24) is 5.32 Å². The van der Waals surface area contributed by atoms with E-state index in [2.05, 4.69) is 25.2 Å². The van der Waals surface area contributed by atoms with Gasteiger partial charge in [0.05, 0.1) is 0 Å². The largest absolute Gasteiger partial charge is 0.507 e. The fourth-order valence-electron chi connectivity index (χ4n) is 2.55.